The Hall–Kier alpha value is -3.10. The molecular weight excluding hydrogens is 400 g/mol. The van der Waals surface area contributed by atoms with Gasteiger partial charge in [-0.2, -0.15) is 0 Å². The summed E-state index contributed by atoms with van der Waals surface area (Å²) >= 11 is 7.32. The van der Waals surface area contributed by atoms with Crippen LogP contribution in [0.5, 0.6) is 0 Å². The molecule has 1 aromatic heterocycles. The van der Waals surface area contributed by atoms with Gasteiger partial charge < -0.3 is 5.32 Å². The van der Waals surface area contributed by atoms with Crippen molar-refractivity contribution in [1.82, 2.24) is 15.5 Å². The summed E-state index contributed by atoms with van der Waals surface area (Å²) in [5, 5.41) is 22.2. The van der Waals surface area contributed by atoms with Crippen molar-refractivity contribution in [2.24, 2.45) is 0 Å². The van der Waals surface area contributed by atoms with Gasteiger partial charge in [-0.3, -0.25) is 14.9 Å². The van der Waals surface area contributed by atoms with Gasteiger partial charge >= 0.3 is 0 Å². The summed E-state index contributed by atoms with van der Waals surface area (Å²) < 4.78 is 0. The molecule has 1 heterocycles. The molecule has 0 saturated carbocycles. The van der Waals surface area contributed by atoms with E-state index in [-0.39, 0.29) is 16.6 Å². The minimum atomic E-state index is -0.471. The second-order valence-electron chi connectivity index (χ2n) is 5.92. The van der Waals surface area contributed by atoms with Crippen LogP contribution in [0.25, 0.3) is 11.1 Å². The SMILES string of the molecule is Cc1ccc(CNC(=O)c2nnc(/C(Cl)=C/c3ccc([N+](=O)[O-])cc3)s2)cc1. The highest BCUT2D eigenvalue weighted by Crippen LogP contribution is 2.26. The smallest absolute Gasteiger partial charge is 0.282 e. The highest BCUT2D eigenvalue weighted by Gasteiger charge is 2.14. The molecule has 0 bridgehead atoms. The quantitative estimate of drug-likeness (QED) is 0.475. The number of halogens is 1. The number of non-ortho nitro benzene ring substituents is 1. The van der Waals surface area contributed by atoms with E-state index in [1.54, 1.807) is 18.2 Å². The molecule has 3 rings (SSSR count). The number of amides is 1. The lowest BCUT2D eigenvalue weighted by Gasteiger charge is -2.03. The lowest BCUT2D eigenvalue weighted by molar-refractivity contribution is -0.384. The summed E-state index contributed by atoms with van der Waals surface area (Å²) in [6.07, 6.45) is 1.61. The minimum absolute atomic E-state index is 0.00304. The fourth-order valence-electron chi connectivity index (χ4n) is 2.28. The van der Waals surface area contributed by atoms with Crippen molar-refractivity contribution < 1.29 is 9.72 Å². The molecule has 2 aromatic carbocycles. The lowest BCUT2D eigenvalue weighted by atomic mass is 10.1. The normalized spacial score (nSPS) is 11.3. The van der Waals surface area contributed by atoms with Crippen molar-refractivity contribution >= 4 is 45.6 Å². The summed E-state index contributed by atoms with van der Waals surface area (Å²) in [7, 11) is 0. The summed E-state index contributed by atoms with van der Waals surface area (Å²) in [4.78, 5) is 22.5. The van der Waals surface area contributed by atoms with Crippen LogP contribution in [0.4, 0.5) is 5.69 Å². The number of hydrogen-bond donors (Lipinski definition) is 1. The summed E-state index contributed by atoms with van der Waals surface area (Å²) in [5.74, 6) is -0.330. The van der Waals surface area contributed by atoms with E-state index in [0.717, 1.165) is 22.5 Å². The summed E-state index contributed by atoms with van der Waals surface area (Å²) in [6.45, 7) is 2.39. The van der Waals surface area contributed by atoms with E-state index < -0.39 is 4.92 Å². The fourth-order valence-corrected chi connectivity index (χ4v) is 3.22. The van der Waals surface area contributed by atoms with Crippen LogP contribution in [0.3, 0.4) is 0 Å². The van der Waals surface area contributed by atoms with E-state index in [2.05, 4.69) is 15.5 Å². The molecule has 0 aliphatic carbocycles. The van der Waals surface area contributed by atoms with Gasteiger partial charge in [0, 0.05) is 18.7 Å². The Kier molecular flexibility index (Phi) is 6.13. The van der Waals surface area contributed by atoms with Crippen LogP contribution in [0.15, 0.2) is 48.5 Å². The van der Waals surface area contributed by atoms with Gasteiger partial charge in [0.15, 0.2) is 5.01 Å². The molecule has 0 atom stereocenters. The van der Waals surface area contributed by atoms with Crippen LogP contribution in [0.1, 0.15) is 31.5 Å². The van der Waals surface area contributed by atoms with Crippen LogP contribution in [0.2, 0.25) is 0 Å². The number of carbonyl (C=O) groups excluding carboxylic acids is 1. The average Bonchev–Trinajstić information content (AvgIpc) is 3.18. The van der Waals surface area contributed by atoms with Gasteiger partial charge in [0.1, 0.15) is 0 Å². The number of benzene rings is 2. The van der Waals surface area contributed by atoms with Gasteiger partial charge in [-0.05, 0) is 36.3 Å². The van der Waals surface area contributed by atoms with Crippen molar-refractivity contribution in [2.45, 2.75) is 13.5 Å². The van der Waals surface area contributed by atoms with Crippen LogP contribution in [-0.4, -0.2) is 21.0 Å². The van der Waals surface area contributed by atoms with Gasteiger partial charge in [-0.25, -0.2) is 0 Å². The monoisotopic (exact) mass is 414 g/mol. The van der Waals surface area contributed by atoms with Crippen LogP contribution >= 0.6 is 22.9 Å². The molecule has 0 aliphatic heterocycles. The second-order valence-corrected chi connectivity index (χ2v) is 7.31. The Morgan fingerprint density at radius 3 is 2.43 bits per heavy atom. The van der Waals surface area contributed by atoms with E-state index in [9.17, 15) is 14.9 Å². The predicted octanol–water partition coefficient (Wildman–Crippen LogP) is 4.42. The first-order valence-corrected chi connectivity index (χ1v) is 9.41. The molecule has 1 amide bonds. The van der Waals surface area contributed by atoms with E-state index in [0.29, 0.717) is 22.1 Å². The van der Waals surface area contributed by atoms with Crippen molar-refractivity contribution in [3.8, 4) is 0 Å². The topological polar surface area (TPSA) is 98.0 Å². The molecule has 142 valence electrons. The number of aromatic nitrogens is 2. The van der Waals surface area contributed by atoms with Gasteiger partial charge in [0.25, 0.3) is 11.6 Å². The van der Waals surface area contributed by atoms with Crippen molar-refractivity contribution in [2.75, 3.05) is 0 Å². The molecule has 0 spiro atoms. The zero-order chi connectivity index (χ0) is 20.1. The highest BCUT2D eigenvalue weighted by molar-refractivity contribution is 7.15. The second kappa shape index (κ2) is 8.73. The van der Waals surface area contributed by atoms with E-state index in [4.69, 9.17) is 11.6 Å². The standard InChI is InChI=1S/C19H15ClN4O3S/c1-12-2-4-14(5-3-12)11-21-17(25)19-23-22-18(28-19)16(20)10-13-6-8-15(9-7-13)24(26)27/h2-10H,11H2,1H3,(H,21,25)/b16-10-. The first kappa shape index (κ1) is 19.7. The Balaban J connectivity index is 1.65. The van der Waals surface area contributed by atoms with Crippen LogP contribution in [0, 0.1) is 17.0 Å². The molecule has 0 aliphatic rings. The van der Waals surface area contributed by atoms with Crippen molar-refractivity contribution in [1.29, 1.82) is 0 Å². The molecule has 7 nitrogen and oxygen atoms in total. The largest absolute Gasteiger partial charge is 0.346 e. The van der Waals surface area contributed by atoms with Gasteiger partial charge in [-0.1, -0.05) is 52.8 Å². The van der Waals surface area contributed by atoms with Gasteiger partial charge in [0.05, 0.1) is 9.96 Å². The van der Waals surface area contributed by atoms with E-state index in [1.807, 2.05) is 31.2 Å². The van der Waals surface area contributed by atoms with E-state index >= 15 is 0 Å². The third-order valence-electron chi connectivity index (χ3n) is 3.79. The maximum atomic E-state index is 12.3. The first-order valence-electron chi connectivity index (χ1n) is 8.21. The van der Waals surface area contributed by atoms with Crippen molar-refractivity contribution in [3.05, 3.63) is 85.4 Å². The third-order valence-corrected chi connectivity index (χ3v) is 5.15. The molecule has 9 heteroatoms. The number of hydrogen-bond acceptors (Lipinski definition) is 6. The van der Waals surface area contributed by atoms with Gasteiger partial charge in [0.2, 0.25) is 5.01 Å². The average molecular weight is 415 g/mol. The Labute approximate surface area is 169 Å². The molecule has 0 fully saturated rings. The fraction of sp³-hybridized carbons (Fsp3) is 0.105. The lowest BCUT2D eigenvalue weighted by Crippen LogP contribution is -2.22. The molecule has 0 saturated heterocycles. The molecule has 0 unspecified atom stereocenters. The zero-order valence-electron chi connectivity index (χ0n) is 14.8. The predicted molar refractivity (Wildman–Crippen MR) is 109 cm³/mol. The number of carbonyl (C=O) groups is 1. The maximum absolute atomic E-state index is 12.3. The Morgan fingerprint density at radius 2 is 1.79 bits per heavy atom. The molecular formula is C19H15ClN4O3S. The number of nitro groups is 1. The summed E-state index contributed by atoms with van der Waals surface area (Å²) in [5.41, 5.74) is 2.81. The number of nitrogens with one attached hydrogen (secondary N) is 1. The van der Waals surface area contributed by atoms with Crippen LogP contribution in [-0.2, 0) is 6.54 Å². The number of aryl methyl sites for hydroxylation is 1. The molecule has 0 radical (unpaired) electrons. The number of nitrogens with zero attached hydrogens (tertiary/aromatic N) is 3. The van der Waals surface area contributed by atoms with Crippen molar-refractivity contribution in [3.63, 3.8) is 0 Å². The third kappa shape index (κ3) is 4.99. The number of nitro benzene ring substituents is 1. The molecule has 1 N–H and O–H groups in total. The molecule has 3 aromatic rings. The van der Waals surface area contributed by atoms with Gasteiger partial charge in [-0.15, -0.1) is 10.2 Å². The highest BCUT2D eigenvalue weighted by atomic mass is 35.5. The Bertz CT molecular complexity index is 1030. The van der Waals surface area contributed by atoms with E-state index in [1.165, 1.54) is 12.1 Å². The summed E-state index contributed by atoms with van der Waals surface area (Å²) in [6, 6.07) is 13.8. The number of rotatable bonds is 6. The van der Waals surface area contributed by atoms with Crippen LogP contribution < -0.4 is 5.32 Å². The maximum Gasteiger partial charge on any atom is 0.282 e. The Morgan fingerprint density at radius 1 is 1.14 bits per heavy atom. The zero-order valence-corrected chi connectivity index (χ0v) is 16.3. The molecule has 28 heavy (non-hydrogen) atoms. The first-order chi connectivity index (χ1) is 13.4. The minimum Gasteiger partial charge on any atom is -0.346 e.